The standard InChI is InChI=1S/C20H22NO2S.3C4H9.Sn/c1-3-18(11-12-19-7-5-4-6-8-19)15-16-21-24(22,23)20-13-9-17(2)10-14-20;3*1-3-4-2;/h4-10,13-14,18,21H,11-12,15-16H2,2H3;3*1,3-4H2,2H3;. The Morgan fingerprint density at radius 3 is 1.92 bits per heavy atom. The number of hydrogen-bond donors (Lipinski definition) is 1. The van der Waals surface area contributed by atoms with Gasteiger partial charge in [0.2, 0.25) is 0 Å². The first-order valence-electron chi connectivity index (χ1n) is 14.5. The third-order valence-corrected chi connectivity index (χ3v) is 21.9. The van der Waals surface area contributed by atoms with Crippen LogP contribution in [0, 0.1) is 22.7 Å². The number of unbranched alkanes of at least 4 members (excludes halogenated alkanes) is 3. The Kier molecular flexibility index (Phi) is 14.9. The average molecular weight is 631 g/mol. The van der Waals surface area contributed by atoms with E-state index >= 15 is 0 Å². The molecule has 0 fully saturated rings. The van der Waals surface area contributed by atoms with Crippen LogP contribution in [-0.2, 0) is 16.4 Å². The summed E-state index contributed by atoms with van der Waals surface area (Å²) in [6.45, 7) is 9.28. The molecule has 1 unspecified atom stereocenters. The molecule has 0 aliphatic rings. The van der Waals surface area contributed by atoms with Gasteiger partial charge in [-0.15, -0.1) is 0 Å². The number of hydrogen-bond acceptors (Lipinski definition) is 2. The molecule has 204 valence electrons. The second-order valence-corrected chi connectivity index (χ2v) is 24.7. The summed E-state index contributed by atoms with van der Waals surface area (Å²) in [6, 6.07) is 17.6. The number of sulfonamides is 1. The Morgan fingerprint density at radius 2 is 1.38 bits per heavy atom. The van der Waals surface area contributed by atoms with Crippen LogP contribution in [0.25, 0.3) is 0 Å². The van der Waals surface area contributed by atoms with E-state index in [0.717, 1.165) is 24.8 Å². The number of benzene rings is 2. The monoisotopic (exact) mass is 631 g/mol. The van der Waals surface area contributed by atoms with Crippen molar-refractivity contribution >= 4 is 28.4 Å². The van der Waals surface area contributed by atoms with E-state index in [-0.39, 0.29) is 5.92 Å². The summed E-state index contributed by atoms with van der Waals surface area (Å²) in [5.41, 5.74) is 2.38. The van der Waals surface area contributed by atoms with Crippen molar-refractivity contribution in [2.75, 3.05) is 6.54 Å². The van der Waals surface area contributed by atoms with Gasteiger partial charge < -0.3 is 0 Å². The third kappa shape index (κ3) is 12.0. The summed E-state index contributed by atoms with van der Waals surface area (Å²) >= 11 is -2.56. The zero-order valence-corrected chi connectivity index (χ0v) is 27.4. The van der Waals surface area contributed by atoms with Gasteiger partial charge in [0.05, 0.1) is 0 Å². The maximum absolute atomic E-state index is 12.8. The summed E-state index contributed by atoms with van der Waals surface area (Å²) in [7, 11) is -3.50. The maximum atomic E-state index is 12.8. The molecule has 1 atom stereocenters. The van der Waals surface area contributed by atoms with E-state index in [4.69, 9.17) is 0 Å². The van der Waals surface area contributed by atoms with Crippen molar-refractivity contribution in [3.8, 4) is 9.86 Å². The van der Waals surface area contributed by atoms with Crippen molar-refractivity contribution in [2.24, 2.45) is 5.92 Å². The Balaban J connectivity index is 2.20. The quantitative estimate of drug-likeness (QED) is 0.141. The average Bonchev–Trinajstić information content (AvgIpc) is 2.91. The molecule has 2 rings (SSSR count). The molecule has 0 radical (unpaired) electrons. The molecule has 0 spiro atoms. The van der Waals surface area contributed by atoms with Gasteiger partial charge in [-0.1, -0.05) is 0 Å². The molecule has 37 heavy (non-hydrogen) atoms. The third-order valence-electron chi connectivity index (χ3n) is 7.31. The predicted molar refractivity (Wildman–Crippen MR) is 162 cm³/mol. The van der Waals surface area contributed by atoms with E-state index in [1.165, 1.54) is 57.4 Å². The van der Waals surface area contributed by atoms with Gasteiger partial charge >= 0.3 is 233 Å². The van der Waals surface area contributed by atoms with Crippen LogP contribution in [0.5, 0.6) is 0 Å². The molecule has 0 saturated heterocycles. The van der Waals surface area contributed by atoms with Crippen molar-refractivity contribution in [1.29, 1.82) is 0 Å². The predicted octanol–water partition coefficient (Wildman–Crippen LogP) is 8.30. The van der Waals surface area contributed by atoms with Gasteiger partial charge in [0.25, 0.3) is 0 Å². The van der Waals surface area contributed by atoms with Crippen molar-refractivity contribution in [1.82, 2.24) is 4.72 Å². The van der Waals surface area contributed by atoms with Crippen LogP contribution in [0.4, 0.5) is 0 Å². The van der Waals surface area contributed by atoms with Crippen LogP contribution >= 0.6 is 0 Å². The van der Waals surface area contributed by atoms with Gasteiger partial charge in [0, 0.05) is 0 Å². The fraction of sp³-hybridized carbons (Fsp3) is 0.562. The van der Waals surface area contributed by atoms with E-state index in [2.05, 4.69) is 65.7 Å². The Hall–Kier alpha value is -1.29. The van der Waals surface area contributed by atoms with Gasteiger partial charge in [-0.3, -0.25) is 0 Å². The Labute approximate surface area is 232 Å². The van der Waals surface area contributed by atoms with Gasteiger partial charge in [-0.2, -0.15) is 0 Å². The van der Waals surface area contributed by atoms with E-state index < -0.39 is 28.4 Å². The Morgan fingerprint density at radius 1 is 0.811 bits per heavy atom. The molecule has 2 aromatic rings. The molecule has 0 bridgehead atoms. The first-order chi connectivity index (χ1) is 17.8. The van der Waals surface area contributed by atoms with E-state index in [9.17, 15) is 8.42 Å². The summed E-state index contributed by atoms with van der Waals surface area (Å²) in [4.78, 5) is 0.332. The van der Waals surface area contributed by atoms with E-state index in [1.54, 1.807) is 12.1 Å². The van der Waals surface area contributed by atoms with Crippen molar-refractivity contribution in [3.63, 3.8) is 0 Å². The van der Waals surface area contributed by atoms with Crippen LogP contribution < -0.4 is 4.72 Å². The zero-order valence-electron chi connectivity index (χ0n) is 23.7. The molecule has 0 aliphatic heterocycles. The molecule has 0 amide bonds. The second kappa shape index (κ2) is 17.3. The van der Waals surface area contributed by atoms with Crippen molar-refractivity contribution in [2.45, 2.75) is 104 Å². The molecule has 0 aromatic heterocycles. The molecule has 0 heterocycles. The second-order valence-electron chi connectivity index (χ2n) is 10.6. The number of rotatable bonds is 17. The molecule has 0 aliphatic carbocycles. The van der Waals surface area contributed by atoms with Crippen LogP contribution in [0.1, 0.15) is 83.3 Å². The number of nitrogens with one attached hydrogen (secondary N) is 1. The molecule has 3 nitrogen and oxygen atoms in total. The van der Waals surface area contributed by atoms with Crippen molar-refractivity contribution < 1.29 is 8.42 Å². The zero-order chi connectivity index (χ0) is 27.0. The summed E-state index contributed by atoms with van der Waals surface area (Å²) < 4.78 is 36.7. The van der Waals surface area contributed by atoms with Crippen LogP contribution in [0.15, 0.2) is 59.5 Å². The normalized spacial score (nSPS) is 12.6. The van der Waals surface area contributed by atoms with E-state index in [1.807, 2.05) is 19.1 Å². The van der Waals surface area contributed by atoms with Gasteiger partial charge in [-0.05, 0) is 0 Å². The van der Waals surface area contributed by atoms with Gasteiger partial charge in [-0.25, -0.2) is 0 Å². The molecular formula is C32H49NO2SSn. The fourth-order valence-corrected chi connectivity index (χ4v) is 19.3. The minimum atomic E-state index is -3.50. The minimum absolute atomic E-state index is 0.210. The topological polar surface area (TPSA) is 46.2 Å². The van der Waals surface area contributed by atoms with Crippen molar-refractivity contribution in [3.05, 3.63) is 65.7 Å². The first kappa shape index (κ1) is 31.9. The number of aryl methyl sites for hydroxylation is 2. The van der Waals surface area contributed by atoms with Gasteiger partial charge in [0.1, 0.15) is 0 Å². The molecule has 0 saturated carbocycles. The van der Waals surface area contributed by atoms with Crippen LogP contribution in [-0.4, -0.2) is 33.3 Å². The Bertz CT molecular complexity index is 1030. The summed E-state index contributed by atoms with van der Waals surface area (Å²) in [5.74, 6) is 4.01. The first-order valence-corrected chi connectivity index (χ1v) is 23.4. The summed E-state index contributed by atoms with van der Waals surface area (Å²) in [5, 5.41) is 0. The molecule has 5 heteroatoms. The van der Waals surface area contributed by atoms with Crippen LogP contribution in [0.2, 0.25) is 13.3 Å². The fourth-order valence-electron chi connectivity index (χ4n) is 4.81. The van der Waals surface area contributed by atoms with Crippen LogP contribution in [0.3, 0.4) is 0 Å². The van der Waals surface area contributed by atoms with E-state index in [0.29, 0.717) is 11.4 Å². The molecular weight excluding hydrogens is 581 g/mol. The summed E-state index contributed by atoms with van der Waals surface area (Å²) in [6.07, 6.45) is 10.4. The van der Waals surface area contributed by atoms with Gasteiger partial charge in [0.15, 0.2) is 0 Å². The molecule has 1 N–H and O–H groups in total. The SMILES string of the molecule is CCC[CH2][Sn]([C]#CC(CCNS(=O)(=O)c1ccc(C)cc1)CCc1ccccc1)([CH2]CCC)[CH2]CCC. The molecule has 2 aromatic carbocycles.